The number of anilines is 1. The molecular weight excluding hydrogens is 336 g/mol. The van der Waals surface area contributed by atoms with E-state index in [4.69, 9.17) is 5.26 Å². The number of benzene rings is 1. The molecule has 3 rings (SSSR count). The van der Waals surface area contributed by atoms with Gasteiger partial charge in [0, 0.05) is 49.9 Å². The van der Waals surface area contributed by atoms with Crippen LogP contribution in [0.5, 0.6) is 0 Å². The predicted molar refractivity (Wildman–Crippen MR) is 102 cm³/mol. The standard InChI is InChI=1S/C19H26N4O.ClH/c1-14-12-23(13-15(2)21-14)19(24)17-7-9-22(10-8-17)18-5-3-16(11-20)4-6-18;/h3-6,14-15,17,21H,7-10,12-13H2,1-2H3;1H/t14-,15+;. The van der Waals surface area contributed by atoms with Crippen LogP contribution >= 0.6 is 12.4 Å². The largest absolute Gasteiger partial charge is 0.371 e. The van der Waals surface area contributed by atoms with Crippen LogP contribution in [0.15, 0.2) is 24.3 Å². The summed E-state index contributed by atoms with van der Waals surface area (Å²) in [6, 6.07) is 10.6. The Kier molecular flexibility index (Phi) is 6.69. The first-order chi connectivity index (χ1) is 11.6. The second-order valence-electron chi connectivity index (χ2n) is 7.13. The molecule has 6 heteroatoms. The number of carbonyl (C=O) groups excluding carboxylic acids is 1. The van der Waals surface area contributed by atoms with E-state index in [1.54, 1.807) is 0 Å². The Hall–Kier alpha value is -1.77. The highest BCUT2D eigenvalue weighted by Crippen LogP contribution is 2.25. The Bertz CT molecular complexity index is 609. The fourth-order valence-electron chi connectivity index (χ4n) is 3.90. The number of hydrogen-bond donors (Lipinski definition) is 1. The Morgan fingerprint density at radius 3 is 2.20 bits per heavy atom. The van der Waals surface area contributed by atoms with Crippen molar-refractivity contribution in [1.29, 1.82) is 5.26 Å². The van der Waals surface area contributed by atoms with E-state index in [1.807, 2.05) is 29.2 Å². The second-order valence-corrected chi connectivity index (χ2v) is 7.13. The van der Waals surface area contributed by atoms with Crippen molar-refractivity contribution in [3.63, 3.8) is 0 Å². The van der Waals surface area contributed by atoms with Gasteiger partial charge in [0.1, 0.15) is 0 Å². The third kappa shape index (κ3) is 4.65. The molecule has 0 aromatic heterocycles. The number of amides is 1. The van der Waals surface area contributed by atoms with Gasteiger partial charge >= 0.3 is 0 Å². The summed E-state index contributed by atoms with van der Waals surface area (Å²) < 4.78 is 0. The van der Waals surface area contributed by atoms with Crippen LogP contribution in [0.3, 0.4) is 0 Å². The van der Waals surface area contributed by atoms with Gasteiger partial charge in [-0.1, -0.05) is 0 Å². The highest BCUT2D eigenvalue weighted by molar-refractivity contribution is 5.85. The summed E-state index contributed by atoms with van der Waals surface area (Å²) in [4.78, 5) is 17.2. The van der Waals surface area contributed by atoms with E-state index in [-0.39, 0.29) is 18.3 Å². The third-order valence-corrected chi connectivity index (χ3v) is 5.07. The molecule has 2 aliphatic rings. The van der Waals surface area contributed by atoms with Gasteiger partial charge in [0.05, 0.1) is 11.6 Å². The van der Waals surface area contributed by atoms with Crippen LogP contribution in [-0.2, 0) is 4.79 Å². The highest BCUT2D eigenvalue weighted by atomic mass is 35.5. The molecule has 0 spiro atoms. The molecule has 0 bridgehead atoms. The SMILES string of the molecule is C[C@@H]1CN(C(=O)C2CCN(c3ccc(C#N)cc3)CC2)C[C@H](C)N1.Cl. The molecule has 25 heavy (non-hydrogen) atoms. The molecule has 2 fully saturated rings. The minimum atomic E-state index is 0. The van der Waals surface area contributed by atoms with E-state index in [2.05, 4.69) is 30.1 Å². The molecule has 2 saturated heterocycles. The lowest BCUT2D eigenvalue weighted by atomic mass is 9.94. The van der Waals surface area contributed by atoms with Crippen LogP contribution in [0.4, 0.5) is 5.69 Å². The van der Waals surface area contributed by atoms with Crippen LogP contribution in [0.2, 0.25) is 0 Å². The highest BCUT2D eigenvalue weighted by Gasteiger charge is 2.32. The van der Waals surface area contributed by atoms with E-state index >= 15 is 0 Å². The number of carbonyl (C=O) groups is 1. The number of piperazine rings is 1. The molecule has 1 amide bonds. The Morgan fingerprint density at radius 2 is 1.68 bits per heavy atom. The molecule has 2 atom stereocenters. The number of piperidine rings is 1. The first kappa shape index (κ1) is 19.6. The minimum absolute atomic E-state index is 0. The van der Waals surface area contributed by atoms with Gasteiger partial charge in [-0.15, -0.1) is 12.4 Å². The first-order valence-corrected chi connectivity index (χ1v) is 8.86. The Labute approximate surface area is 156 Å². The zero-order chi connectivity index (χ0) is 17.1. The minimum Gasteiger partial charge on any atom is -0.371 e. The lowest BCUT2D eigenvalue weighted by molar-refractivity contribution is -0.138. The zero-order valence-corrected chi connectivity index (χ0v) is 15.8. The van der Waals surface area contributed by atoms with Crippen LogP contribution in [0.25, 0.3) is 0 Å². The van der Waals surface area contributed by atoms with Gasteiger partial charge < -0.3 is 15.1 Å². The van der Waals surface area contributed by atoms with E-state index in [9.17, 15) is 4.79 Å². The van der Waals surface area contributed by atoms with Crippen molar-refractivity contribution in [2.75, 3.05) is 31.1 Å². The molecule has 0 unspecified atom stereocenters. The zero-order valence-electron chi connectivity index (χ0n) is 14.9. The Morgan fingerprint density at radius 1 is 1.12 bits per heavy atom. The van der Waals surface area contributed by atoms with Crippen molar-refractivity contribution in [3.05, 3.63) is 29.8 Å². The van der Waals surface area contributed by atoms with Gasteiger partial charge in [-0.2, -0.15) is 5.26 Å². The predicted octanol–water partition coefficient (Wildman–Crippen LogP) is 2.41. The molecule has 1 N–H and O–H groups in total. The van der Waals surface area contributed by atoms with Gasteiger partial charge in [-0.25, -0.2) is 0 Å². The maximum Gasteiger partial charge on any atom is 0.225 e. The van der Waals surface area contributed by atoms with Crippen molar-refractivity contribution in [1.82, 2.24) is 10.2 Å². The summed E-state index contributed by atoms with van der Waals surface area (Å²) in [6.07, 6.45) is 1.82. The number of rotatable bonds is 2. The van der Waals surface area contributed by atoms with E-state index < -0.39 is 0 Å². The maximum absolute atomic E-state index is 12.8. The summed E-state index contributed by atoms with van der Waals surface area (Å²) in [6.45, 7) is 7.73. The van der Waals surface area contributed by atoms with Gasteiger partial charge in [0.15, 0.2) is 0 Å². The first-order valence-electron chi connectivity index (χ1n) is 8.86. The lowest BCUT2D eigenvalue weighted by Crippen LogP contribution is -2.57. The molecule has 0 radical (unpaired) electrons. The maximum atomic E-state index is 12.8. The van der Waals surface area contributed by atoms with E-state index in [0.717, 1.165) is 44.7 Å². The molecule has 2 aliphatic heterocycles. The van der Waals surface area contributed by atoms with E-state index in [1.165, 1.54) is 0 Å². The van der Waals surface area contributed by atoms with Crippen molar-refractivity contribution < 1.29 is 4.79 Å². The topological polar surface area (TPSA) is 59.4 Å². The summed E-state index contributed by atoms with van der Waals surface area (Å²) in [5, 5.41) is 12.4. The van der Waals surface area contributed by atoms with Crippen LogP contribution in [0, 0.1) is 17.2 Å². The van der Waals surface area contributed by atoms with Gasteiger partial charge in [0.25, 0.3) is 0 Å². The molecule has 1 aromatic carbocycles. The molecule has 136 valence electrons. The third-order valence-electron chi connectivity index (χ3n) is 5.07. The van der Waals surface area contributed by atoms with Crippen molar-refractivity contribution in [3.8, 4) is 6.07 Å². The van der Waals surface area contributed by atoms with Crippen molar-refractivity contribution in [2.24, 2.45) is 5.92 Å². The monoisotopic (exact) mass is 362 g/mol. The van der Waals surface area contributed by atoms with Crippen LogP contribution in [-0.4, -0.2) is 49.1 Å². The molecular formula is C19H27ClN4O. The van der Waals surface area contributed by atoms with Crippen LogP contribution < -0.4 is 10.2 Å². The molecule has 5 nitrogen and oxygen atoms in total. The fourth-order valence-corrected chi connectivity index (χ4v) is 3.90. The van der Waals surface area contributed by atoms with Gasteiger partial charge in [-0.05, 0) is 51.0 Å². The number of hydrogen-bond acceptors (Lipinski definition) is 4. The van der Waals surface area contributed by atoms with E-state index in [0.29, 0.717) is 23.6 Å². The summed E-state index contributed by atoms with van der Waals surface area (Å²) >= 11 is 0. The smallest absolute Gasteiger partial charge is 0.225 e. The number of nitriles is 1. The van der Waals surface area contributed by atoms with Gasteiger partial charge in [0.2, 0.25) is 5.91 Å². The average Bonchev–Trinajstić information content (AvgIpc) is 2.60. The van der Waals surface area contributed by atoms with Gasteiger partial charge in [-0.3, -0.25) is 4.79 Å². The van der Waals surface area contributed by atoms with Crippen LogP contribution in [0.1, 0.15) is 32.3 Å². The number of nitrogens with zero attached hydrogens (tertiary/aromatic N) is 3. The normalized spacial score (nSPS) is 24.4. The van der Waals surface area contributed by atoms with Crippen molar-refractivity contribution >= 4 is 24.0 Å². The van der Waals surface area contributed by atoms with Crippen molar-refractivity contribution in [2.45, 2.75) is 38.8 Å². The molecule has 0 aliphatic carbocycles. The Balaban J connectivity index is 0.00000225. The second kappa shape index (κ2) is 8.55. The summed E-state index contributed by atoms with van der Waals surface area (Å²) in [7, 11) is 0. The number of nitrogens with one attached hydrogen (secondary N) is 1. The quantitative estimate of drug-likeness (QED) is 0.877. The number of halogens is 1. The summed E-state index contributed by atoms with van der Waals surface area (Å²) in [5.74, 6) is 0.479. The average molecular weight is 363 g/mol. The molecule has 2 heterocycles. The lowest BCUT2D eigenvalue weighted by Gasteiger charge is -2.40. The molecule has 0 saturated carbocycles. The summed E-state index contributed by atoms with van der Waals surface area (Å²) in [5.41, 5.74) is 1.83. The fraction of sp³-hybridized carbons (Fsp3) is 0.579. The molecule has 1 aromatic rings.